The maximum absolute atomic E-state index is 13.7. The molecule has 1 aliphatic rings. The molecule has 7 nitrogen and oxygen atoms in total. The highest BCUT2D eigenvalue weighted by molar-refractivity contribution is 9.10. The van der Waals surface area contributed by atoms with Gasteiger partial charge >= 0.3 is 0 Å². The minimum atomic E-state index is -0.361. The first-order chi connectivity index (χ1) is 19.0. The fraction of sp³-hybridized carbons (Fsp3) is 0.250. The van der Waals surface area contributed by atoms with Crippen molar-refractivity contribution in [3.8, 4) is 17.2 Å². The van der Waals surface area contributed by atoms with Gasteiger partial charge in [0.2, 0.25) is 0 Å². The SMILES string of the molecule is COc1cccc(Sc2cnc(Nc3nc(C4CCN(CC=O)CC4)cs3)c(Oc3ccc(F)cc3Br)c2)c1. The Balaban J connectivity index is 1.37. The lowest BCUT2D eigenvalue weighted by molar-refractivity contribution is -0.109. The summed E-state index contributed by atoms with van der Waals surface area (Å²) in [7, 11) is 1.64. The number of likely N-dealkylation sites (tertiary alicyclic amines) is 1. The number of carbonyl (C=O) groups is 1. The van der Waals surface area contributed by atoms with Crippen LogP contribution in [0.3, 0.4) is 0 Å². The zero-order valence-electron chi connectivity index (χ0n) is 21.1. The molecular weight excluding hydrogens is 603 g/mol. The van der Waals surface area contributed by atoms with E-state index in [1.165, 1.54) is 35.2 Å². The number of ether oxygens (including phenoxy) is 2. The third-order valence-electron chi connectivity index (χ3n) is 6.30. The van der Waals surface area contributed by atoms with Gasteiger partial charge in [0.25, 0.3) is 0 Å². The van der Waals surface area contributed by atoms with Crippen molar-refractivity contribution in [3.63, 3.8) is 0 Å². The van der Waals surface area contributed by atoms with E-state index < -0.39 is 0 Å². The monoisotopic (exact) mass is 628 g/mol. The average molecular weight is 630 g/mol. The van der Waals surface area contributed by atoms with Crippen molar-refractivity contribution in [3.05, 3.63) is 76.1 Å². The maximum atomic E-state index is 13.7. The molecule has 5 rings (SSSR count). The molecule has 3 heterocycles. The van der Waals surface area contributed by atoms with Crippen LogP contribution in [-0.4, -0.2) is 47.9 Å². The molecule has 0 saturated carbocycles. The molecular formula is C28H26BrFN4O3S2. The standard InChI is InChI=1S/C28H26BrFN4O3S2/c1-36-20-3-2-4-21(14-20)39-22-15-26(37-25-6-5-19(30)13-23(25)29)27(31-16-22)33-28-32-24(17-38-28)18-7-9-34(10-8-18)11-12-35/h2-6,12-18H,7-11H2,1H3,(H,31,32,33). The number of aldehydes is 1. The first kappa shape index (κ1) is 27.6. The Morgan fingerprint density at radius 1 is 1.18 bits per heavy atom. The smallest absolute Gasteiger partial charge is 0.188 e. The number of carbonyl (C=O) groups excluding carboxylic acids is 1. The van der Waals surface area contributed by atoms with Gasteiger partial charge in [-0.1, -0.05) is 17.8 Å². The average Bonchev–Trinajstić information content (AvgIpc) is 3.41. The summed E-state index contributed by atoms with van der Waals surface area (Å²) in [5.41, 5.74) is 1.04. The first-order valence-corrected chi connectivity index (χ1v) is 14.8. The molecule has 1 fully saturated rings. The number of halogens is 2. The van der Waals surface area contributed by atoms with Crippen LogP contribution < -0.4 is 14.8 Å². The number of anilines is 2. The minimum absolute atomic E-state index is 0.361. The highest BCUT2D eigenvalue weighted by Gasteiger charge is 2.23. The van der Waals surface area contributed by atoms with Gasteiger partial charge < -0.3 is 19.6 Å². The van der Waals surface area contributed by atoms with Gasteiger partial charge in [0.05, 0.1) is 23.8 Å². The topological polar surface area (TPSA) is 76.6 Å². The van der Waals surface area contributed by atoms with Crippen LogP contribution in [0.5, 0.6) is 17.2 Å². The number of hydrogen-bond donors (Lipinski definition) is 1. The summed E-state index contributed by atoms with van der Waals surface area (Å²) in [6, 6.07) is 14.0. The Hall–Kier alpha value is -2.99. The molecule has 0 amide bonds. The van der Waals surface area contributed by atoms with E-state index in [2.05, 4.69) is 36.5 Å². The van der Waals surface area contributed by atoms with E-state index in [0.29, 0.717) is 39.4 Å². The molecule has 0 radical (unpaired) electrons. The summed E-state index contributed by atoms with van der Waals surface area (Å²) >= 11 is 6.43. The number of rotatable bonds is 10. The van der Waals surface area contributed by atoms with Crippen molar-refractivity contribution in [2.75, 3.05) is 32.1 Å². The van der Waals surface area contributed by atoms with Crippen molar-refractivity contribution in [1.82, 2.24) is 14.9 Å². The van der Waals surface area contributed by atoms with Crippen LogP contribution in [0.25, 0.3) is 0 Å². The van der Waals surface area contributed by atoms with Crippen molar-refractivity contribution >= 4 is 56.3 Å². The lowest BCUT2D eigenvalue weighted by Gasteiger charge is -2.29. The van der Waals surface area contributed by atoms with Crippen LogP contribution in [0.2, 0.25) is 0 Å². The second-order valence-corrected chi connectivity index (χ2v) is 11.8. The summed E-state index contributed by atoms with van der Waals surface area (Å²) < 4.78 is 25.7. The predicted octanol–water partition coefficient (Wildman–Crippen LogP) is 7.51. The van der Waals surface area contributed by atoms with Crippen LogP contribution in [0, 0.1) is 5.82 Å². The van der Waals surface area contributed by atoms with E-state index in [0.717, 1.165) is 53.5 Å². The van der Waals surface area contributed by atoms with E-state index in [1.807, 2.05) is 30.3 Å². The molecule has 0 atom stereocenters. The molecule has 2 aromatic heterocycles. The molecule has 0 unspecified atom stereocenters. The molecule has 1 saturated heterocycles. The second kappa shape index (κ2) is 12.9. The highest BCUT2D eigenvalue weighted by Crippen LogP contribution is 2.39. The van der Waals surface area contributed by atoms with Gasteiger partial charge in [-0.05, 0) is 78.3 Å². The second-order valence-electron chi connectivity index (χ2n) is 8.92. The molecule has 1 aliphatic heterocycles. The zero-order chi connectivity index (χ0) is 27.2. The van der Waals surface area contributed by atoms with Crippen molar-refractivity contribution in [2.24, 2.45) is 0 Å². The third kappa shape index (κ3) is 7.16. The van der Waals surface area contributed by atoms with Gasteiger partial charge in [-0.15, -0.1) is 11.3 Å². The molecule has 39 heavy (non-hydrogen) atoms. The number of piperidine rings is 1. The van der Waals surface area contributed by atoms with Gasteiger partial charge in [0.15, 0.2) is 16.7 Å². The van der Waals surface area contributed by atoms with E-state index in [-0.39, 0.29) is 5.82 Å². The van der Waals surface area contributed by atoms with Crippen molar-refractivity contribution in [1.29, 1.82) is 0 Å². The Bertz CT molecular complexity index is 1450. The third-order valence-corrected chi connectivity index (χ3v) is 8.65. The number of nitrogens with one attached hydrogen (secondary N) is 1. The van der Waals surface area contributed by atoms with Crippen LogP contribution in [0.4, 0.5) is 15.3 Å². The normalized spacial score (nSPS) is 14.2. The maximum Gasteiger partial charge on any atom is 0.188 e. The number of benzene rings is 2. The number of aromatic nitrogens is 2. The van der Waals surface area contributed by atoms with E-state index >= 15 is 0 Å². The number of pyridine rings is 1. The quantitative estimate of drug-likeness (QED) is 0.181. The van der Waals surface area contributed by atoms with Gasteiger partial charge in [0.1, 0.15) is 23.6 Å². The Kier molecular flexibility index (Phi) is 9.13. The van der Waals surface area contributed by atoms with E-state index in [1.54, 1.807) is 19.4 Å². The van der Waals surface area contributed by atoms with Gasteiger partial charge in [-0.2, -0.15) is 0 Å². The van der Waals surface area contributed by atoms with Crippen LogP contribution in [-0.2, 0) is 4.79 Å². The lowest BCUT2D eigenvalue weighted by Crippen LogP contribution is -2.34. The number of thiazole rings is 1. The highest BCUT2D eigenvalue weighted by atomic mass is 79.9. The van der Waals surface area contributed by atoms with Crippen molar-refractivity contribution < 1.29 is 18.7 Å². The van der Waals surface area contributed by atoms with Crippen LogP contribution in [0.1, 0.15) is 24.5 Å². The number of methoxy groups -OCH3 is 1. The molecule has 2 aromatic carbocycles. The summed E-state index contributed by atoms with van der Waals surface area (Å²) in [6.45, 7) is 2.27. The predicted molar refractivity (Wildman–Crippen MR) is 155 cm³/mol. The Labute approximate surface area is 242 Å². The largest absolute Gasteiger partial charge is 0.497 e. The van der Waals surface area contributed by atoms with Crippen LogP contribution in [0.15, 0.2) is 74.4 Å². The summed E-state index contributed by atoms with van der Waals surface area (Å²) in [6.07, 6.45) is 4.68. The molecule has 1 N–H and O–H groups in total. The molecule has 4 aromatic rings. The van der Waals surface area contributed by atoms with Gasteiger partial charge in [-0.3, -0.25) is 4.90 Å². The van der Waals surface area contributed by atoms with Gasteiger partial charge in [0, 0.05) is 33.4 Å². The fourth-order valence-electron chi connectivity index (χ4n) is 4.28. The summed E-state index contributed by atoms with van der Waals surface area (Å²) in [5.74, 6) is 2.22. The van der Waals surface area contributed by atoms with E-state index in [9.17, 15) is 9.18 Å². The lowest BCUT2D eigenvalue weighted by atomic mass is 9.94. The molecule has 0 bridgehead atoms. The summed E-state index contributed by atoms with van der Waals surface area (Å²) in [5, 5.41) is 6.11. The van der Waals surface area contributed by atoms with Crippen LogP contribution >= 0.6 is 39.0 Å². The molecule has 202 valence electrons. The fourth-order valence-corrected chi connectivity index (χ4v) is 6.37. The van der Waals surface area contributed by atoms with Gasteiger partial charge in [-0.25, -0.2) is 14.4 Å². The van der Waals surface area contributed by atoms with E-state index in [4.69, 9.17) is 14.5 Å². The molecule has 11 heteroatoms. The first-order valence-electron chi connectivity index (χ1n) is 12.3. The Morgan fingerprint density at radius 2 is 2.03 bits per heavy atom. The number of hydrogen-bond acceptors (Lipinski definition) is 9. The number of nitrogens with zero attached hydrogens (tertiary/aromatic N) is 3. The zero-order valence-corrected chi connectivity index (χ0v) is 24.3. The molecule has 0 spiro atoms. The minimum Gasteiger partial charge on any atom is -0.497 e. The summed E-state index contributed by atoms with van der Waals surface area (Å²) in [4.78, 5) is 24.3. The molecule has 0 aliphatic carbocycles. The van der Waals surface area contributed by atoms with Crippen molar-refractivity contribution in [2.45, 2.75) is 28.6 Å². The Morgan fingerprint density at radius 3 is 2.79 bits per heavy atom.